The van der Waals surface area contributed by atoms with Gasteiger partial charge in [-0.3, -0.25) is 9.59 Å². The number of aromatic nitrogens is 3. The number of rotatable bonds is 7. The molecule has 2 aliphatic heterocycles. The minimum Gasteiger partial charge on any atom is -0.355 e. The van der Waals surface area contributed by atoms with Gasteiger partial charge in [0.05, 0.1) is 11.7 Å². The van der Waals surface area contributed by atoms with Gasteiger partial charge in [0.25, 0.3) is 0 Å². The van der Waals surface area contributed by atoms with Gasteiger partial charge in [0.1, 0.15) is 18.0 Å². The van der Waals surface area contributed by atoms with E-state index in [2.05, 4.69) is 10.2 Å². The van der Waals surface area contributed by atoms with Crippen molar-refractivity contribution in [2.75, 3.05) is 24.5 Å². The Kier molecular flexibility index (Phi) is 10.1. The standard InChI is InChI=1S/C22H35N9O3.C5H10/c1-3-18(32)26-20(24)19(28-34)22(33)30-8-5-4-6-16(30)15-10-17-25-21(13(2)11-31(17)27-15)29-9-7-14(23)12-29;1-2-4-5-3-1/h10-11,14,16,19-20,28,34H,3-9,12,23-24H2,1-2H3,(H,26,32);1-5H2. The van der Waals surface area contributed by atoms with E-state index in [9.17, 15) is 14.8 Å². The molecule has 0 spiro atoms. The van der Waals surface area contributed by atoms with E-state index in [1.165, 1.54) is 32.1 Å². The molecule has 2 saturated heterocycles. The summed E-state index contributed by atoms with van der Waals surface area (Å²) in [5.41, 5.74) is 16.5. The highest BCUT2D eigenvalue weighted by atomic mass is 16.5. The average Bonchev–Trinajstić information content (AvgIpc) is 3.71. The van der Waals surface area contributed by atoms with Crippen molar-refractivity contribution in [1.82, 2.24) is 30.3 Å². The quantitative estimate of drug-likeness (QED) is 0.258. The SMILES string of the molecule is C1CCCC1.CCC(=O)NC(N)C(NO)C(=O)N1CCCCC1c1cc2nc(N3CCC(N)C3)c(C)cn2n1. The van der Waals surface area contributed by atoms with Gasteiger partial charge >= 0.3 is 0 Å². The third kappa shape index (κ3) is 7.05. The molecule has 0 radical (unpaired) electrons. The molecule has 2 aromatic rings. The molecular weight excluding hydrogens is 498 g/mol. The zero-order valence-corrected chi connectivity index (χ0v) is 23.3. The molecule has 7 N–H and O–H groups in total. The summed E-state index contributed by atoms with van der Waals surface area (Å²) >= 11 is 0. The molecule has 216 valence electrons. The fourth-order valence-electron chi connectivity index (χ4n) is 5.71. The van der Waals surface area contributed by atoms with Crippen molar-refractivity contribution in [3.8, 4) is 0 Å². The average molecular weight is 544 g/mol. The number of nitrogens with two attached hydrogens (primary N) is 2. The van der Waals surface area contributed by atoms with E-state index in [0.29, 0.717) is 12.2 Å². The first-order valence-electron chi connectivity index (χ1n) is 14.4. The molecule has 12 heteroatoms. The second kappa shape index (κ2) is 13.5. The van der Waals surface area contributed by atoms with Gasteiger partial charge < -0.3 is 31.8 Å². The number of nitrogens with zero attached hydrogens (tertiary/aromatic N) is 5. The third-order valence-electron chi connectivity index (χ3n) is 7.94. The molecule has 12 nitrogen and oxygen atoms in total. The van der Waals surface area contributed by atoms with E-state index in [-0.39, 0.29) is 30.3 Å². The molecule has 3 aliphatic rings. The van der Waals surface area contributed by atoms with Crippen LogP contribution in [0.5, 0.6) is 0 Å². The molecule has 1 aliphatic carbocycles. The molecule has 4 atom stereocenters. The van der Waals surface area contributed by atoms with Crippen LogP contribution < -0.4 is 27.2 Å². The van der Waals surface area contributed by atoms with Gasteiger partial charge in [-0.1, -0.05) is 39.0 Å². The Morgan fingerprint density at radius 1 is 1.13 bits per heavy atom. The third-order valence-corrected chi connectivity index (χ3v) is 7.94. The van der Waals surface area contributed by atoms with Gasteiger partial charge in [-0.25, -0.2) is 9.50 Å². The first-order valence-corrected chi connectivity index (χ1v) is 14.4. The maximum absolute atomic E-state index is 13.4. The van der Waals surface area contributed by atoms with Crippen molar-refractivity contribution in [2.24, 2.45) is 11.5 Å². The Labute approximate surface area is 230 Å². The largest absolute Gasteiger partial charge is 0.355 e. The van der Waals surface area contributed by atoms with Crippen LogP contribution in [-0.2, 0) is 9.59 Å². The van der Waals surface area contributed by atoms with Crippen LogP contribution in [0, 0.1) is 6.92 Å². The summed E-state index contributed by atoms with van der Waals surface area (Å²) in [6.45, 7) is 5.86. The Morgan fingerprint density at radius 3 is 2.46 bits per heavy atom. The molecule has 4 heterocycles. The van der Waals surface area contributed by atoms with Crippen molar-refractivity contribution >= 4 is 23.3 Å². The number of likely N-dealkylation sites (tertiary alicyclic amines) is 1. The summed E-state index contributed by atoms with van der Waals surface area (Å²) in [5.74, 6) is 0.224. The van der Waals surface area contributed by atoms with Gasteiger partial charge in [0.2, 0.25) is 11.8 Å². The number of fused-ring (bicyclic) bond motifs is 1. The monoisotopic (exact) mass is 543 g/mol. The second-order valence-corrected chi connectivity index (χ2v) is 11.0. The Bertz CT molecular complexity index is 1110. The van der Waals surface area contributed by atoms with Gasteiger partial charge in [0.15, 0.2) is 5.65 Å². The fourth-order valence-corrected chi connectivity index (χ4v) is 5.71. The summed E-state index contributed by atoms with van der Waals surface area (Å²) in [6.07, 6.45) is 12.1. The van der Waals surface area contributed by atoms with Crippen LogP contribution in [0.15, 0.2) is 12.3 Å². The van der Waals surface area contributed by atoms with Gasteiger partial charge in [0, 0.05) is 49.9 Å². The van der Waals surface area contributed by atoms with E-state index in [4.69, 9.17) is 21.5 Å². The van der Waals surface area contributed by atoms with Crippen LogP contribution in [0.25, 0.3) is 5.65 Å². The van der Waals surface area contributed by atoms with E-state index < -0.39 is 12.2 Å². The predicted octanol–water partition coefficient (Wildman–Crippen LogP) is 1.74. The van der Waals surface area contributed by atoms with Crippen molar-refractivity contribution in [3.63, 3.8) is 0 Å². The number of carbonyl (C=O) groups is 2. The molecule has 1 saturated carbocycles. The van der Waals surface area contributed by atoms with E-state index in [1.54, 1.807) is 16.3 Å². The second-order valence-electron chi connectivity index (χ2n) is 11.0. The van der Waals surface area contributed by atoms with Crippen LogP contribution in [0.4, 0.5) is 5.82 Å². The van der Waals surface area contributed by atoms with Gasteiger partial charge in [-0.15, -0.1) is 0 Å². The first kappa shape index (κ1) is 29.2. The molecule has 0 bridgehead atoms. The zero-order valence-electron chi connectivity index (χ0n) is 23.3. The lowest BCUT2D eigenvalue weighted by molar-refractivity contribution is -0.141. The number of hydrogen-bond acceptors (Lipinski definition) is 9. The predicted molar refractivity (Wildman–Crippen MR) is 149 cm³/mol. The molecule has 0 aromatic carbocycles. The first-order chi connectivity index (χ1) is 18.8. The number of hydrogen-bond donors (Lipinski definition) is 5. The summed E-state index contributed by atoms with van der Waals surface area (Å²) in [7, 11) is 0. The lowest BCUT2D eigenvalue weighted by Gasteiger charge is -2.37. The lowest BCUT2D eigenvalue weighted by Crippen LogP contribution is -2.61. The number of anilines is 1. The molecular formula is C27H45N9O3. The smallest absolute Gasteiger partial charge is 0.246 e. The zero-order chi connectivity index (χ0) is 27.9. The van der Waals surface area contributed by atoms with E-state index >= 15 is 0 Å². The summed E-state index contributed by atoms with van der Waals surface area (Å²) < 4.78 is 1.75. The Morgan fingerprint density at radius 2 is 1.85 bits per heavy atom. The van der Waals surface area contributed by atoms with Gasteiger partial charge in [-0.2, -0.15) is 10.6 Å². The fraction of sp³-hybridized carbons (Fsp3) is 0.704. The maximum atomic E-state index is 13.4. The summed E-state index contributed by atoms with van der Waals surface area (Å²) in [6, 6.07) is 0.618. The minimum atomic E-state index is -1.17. The van der Waals surface area contributed by atoms with E-state index in [1.807, 2.05) is 24.7 Å². The minimum absolute atomic E-state index is 0.154. The number of carbonyl (C=O) groups excluding carboxylic acids is 2. The highest BCUT2D eigenvalue weighted by Crippen LogP contribution is 2.32. The normalized spacial score (nSPS) is 22.9. The van der Waals surface area contributed by atoms with Crippen LogP contribution >= 0.6 is 0 Å². The van der Waals surface area contributed by atoms with Crippen molar-refractivity contribution in [1.29, 1.82) is 0 Å². The Balaban J connectivity index is 0.000000634. The lowest BCUT2D eigenvalue weighted by atomic mass is 9.98. The molecule has 3 fully saturated rings. The van der Waals surface area contributed by atoms with E-state index in [0.717, 1.165) is 55.8 Å². The number of piperidine rings is 1. The van der Waals surface area contributed by atoms with Gasteiger partial charge in [-0.05, 0) is 32.6 Å². The van der Waals surface area contributed by atoms with Crippen LogP contribution in [0.1, 0.15) is 88.4 Å². The van der Waals surface area contributed by atoms with Crippen LogP contribution in [0.3, 0.4) is 0 Å². The van der Waals surface area contributed by atoms with Crippen LogP contribution in [0.2, 0.25) is 0 Å². The topological polar surface area (TPSA) is 167 Å². The molecule has 2 amide bonds. The number of hydroxylamine groups is 1. The highest BCUT2D eigenvalue weighted by molar-refractivity contribution is 5.84. The van der Waals surface area contributed by atoms with Crippen molar-refractivity contribution in [2.45, 2.75) is 102 Å². The molecule has 2 aromatic heterocycles. The molecule has 39 heavy (non-hydrogen) atoms. The number of aryl methyl sites for hydroxylation is 1. The van der Waals surface area contributed by atoms with Crippen molar-refractivity contribution in [3.05, 3.63) is 23.5 Å². The summed E-state index contributed by atoms with van der Waals surface area (Å²) in [5, 5.41) is 16.9. The molecule has 4 unspecified atom stereocenters. The highest BCUT2D eigenvalue weighted by Gasteiger charge is 2.37. The number of nitrogens with one attached hydrogen (secondary N) is 2. The van der Waals surface area contributed by atoms with Crippen molar-refractivity contribution < 1.29 is 14.8 Å². The summed E-state index contributed by atoms with van der Waals surface area (Å²) in [4.78, 5) is 33.8. The number of amides is 2. The maximum Gasteiger partial charge on any atom is 0.246 e. The molecule has 5 rings (SSSR count). The van der Waals surface area contributed by atoms with Crippen LogP contribution in [-0.4, -0.2) is 74.4 Å². The Hall–Kier alpha value is -2.80.